The molecule has 7 rings (SSSR count). The van der Waals surface area contributed by atoms with E-state index < -0.39 is 5.60 Å². The van der Waals surface area contributed by atoms with Gasteiger partial charge < -0.3 is 10.2 Å². The van der Waals surface area contributed by atoms with E-state index in [2.05, 4.69) is 52.3 Å². The number of rotatable bonds is 3. The number of benzene rings is 2. The molecule has 0 aliphatic heterocycles. The highest BCUT2D eigenvalue weighted by atomic mass is 16.3. The smallest absolute Gasteiger partial charge is 0.131 e. The number of pyridine rings is 1. The van der Waals surface area contributed by atoms with Gasteiger partial charge in [-0.2, -0.15) is 0 Å². The summed E-state index contributed by atoms with van der Waals surface area (Å²) in [5, 5.41) is 30.4. The standard InChI is InChI=1S/C34H34N4O2/c1-33-16-14-28-27-12-10-26(39)20-25(27)9-11-29(28)30(33)15-18-34(33,40)17-13-23-5-7-24(8-6-23)21-38-22-32(36-37-38)31-4-2-3-19-35-31/h2-8,10,12,19-20,22,28-30,39-40H,9,11,14-16,18,21H2,1H3/t28-,29-,30+,33+,34+/m1/s1. The molecular weight excluding hydrogens is 496 g/mol. The molecular formula is C34H34N4O2. The van der Waals surface area contributed by atoms with Crippen LogP contribution in [0.5, 0.6) is 5.75 Å². The maximum absolute atomic E-state index is 11.9. The van der Waals surface area contributed by atoms with Crippen molar-refractivity contribution in [2.24, 2.45) is 17.3 Å². The van der Waals surface area contributed by atoms with E-state index in [4.69, 9.17) is 0 Å². The Balaban J connectivity index is 1.06. The molecule has 0 amide bonds. The van der Waals surface area contributed by atoms with Gasteiger partial charge in [-0.05, 0) is 109 Å². The summed E-state index contributed by atoms with van der Waals surface area (Å²) in [4.78, 5) is 4.34. The molecule has 0 spiro atoms. The Kier molecular flexibility index (Phi) is 6.01. The van der Waals surface area contributed by atoms with Gasteiger partial charge in [-0.1, -0.05) is 48.2 Å². The normalized spacial score (nSPS) is 28.6. The number of nitrogens with zero attached hydrogens (tertiary/aromatic N) is 4. The fourth-order valence-corrected chi connectivity index (χ4v) is 7.85. The Morgan fingerprint density at radius 2 is 1.88 bits per heavy atom. The van der Waals surface area contributed by atoms with Crippen LogP contribution in [0.3, 0.4) is 0 Å². The van der Waals surface area contributed by atoms with Gasteiger partial charge in [-0.25, -0.2) is 4.68 Å². The number of aromatic nitrogens is 4. The van der Waals surface area contributed by atoms with E-state index in [1.165, 1.54) is 11.1 Å². The van der Waals surface area contributed by atoms with Crippen molar-refractivity contribution in [2.75, 3.05) is 0 Å². The topological polar surface area (TPSA) is 84.1 Å². The summed E-state index contributed by atoms with van der Waals surface area (Å²) in [5.74, 6) is 8.62. The highest BCUT2D eigenvalue weighted by Crippen LogP contribution is 2.64. The molecule has 2 fully saturated rings. The van der Waals surface area contributed by atoms with Crippen molar-refractivity contribution in [3.8, 4) is 29.0 Å². The predicted molar refractivity (Wildman–Crippen MR) is 153 cm³/mol. The van der Waals surface area contributed by atoms with Crippen LogP contribution in [0, 0.1) is 29.1 Å². The Bertz CT molecular complexity index is 1600. The van der Waals surface area contributed by atoms with Crippen molar-refractivity contribution in [2.45, 2.75) is 63.5 Å². The van der Waals surface area contributed by atoms with E-state index in [1.54, 1.807) is 6.20 Å². The minimum Gasteiger partial charge on any atom is -0.508 e. The lowest BCUT2D eigenvalue weighted by atomic mass is 9.53. The quantitative estimate of drug-likeness (QED) is 0.331. The summed E-state index contributed by atoms with van der Waals surface area (Å²) in [6.45, 7) is 2.89. The van der Waals surface area contributed by atoms with Crippen LogP contribution >= 0.6 is 0 Å². The Hall–Kier alpha value is -3.95. The molecule has 2 saturated carbocycles. The van der Waals surface area contributed by atoms with Gasteiger partial charge in [0, 0.05) is 17.2 Å². The summed E-state index contributed by atoms with van der Waals surface area (Å²) >= 11 is 0. The summed E-state index contributed by atoms with van der Waals surface area (Å²) < 4.78 is 1.82. The van der Waals surface area contributed by atoms with Gasteiger partial charge >= 0.3 is 0 Å². The largest absolute Gasteiger partial charge is 0.508 e. The molecule has 2 aromatic carbocycles. The lowest BCUT2D eigenvalue weighted by Gasteiger charge is -2.52. The van der Waals surface area contributed by atoms with Crippen LogP contribution in [0.15, 0.2) is 73.1 Å². The molecule has 202 valence electrons. The van der Waals surface area contributed by atoms with E-state index in [0.29, 0.717) is 30.0 Å². The highest BCUT2D eigenvalue weighted by Gasteiger charge is 2.61. The van der Waals surface area contributed by atoms with Crippen LogP contribution < -0.4 is 0 Å². The van der Waals surface area contributed by atoms with Crippen molar-refractivity contribution >= 4 is 0 Å². The number of phenols is 1. The van der Waals surface area contributed by atoms with Crippen molar-refractivity contribution in [1.82, 2.24) is 20.0 Å². The summed E-state index contributed by atoms with van der Waals surface area (Å²) in [6.07, 6.45) is 9.59. The zero-order valence-electron chi connectivity index (χ0n) is 22.8. The second-order valence-electron chi connectivity index (χ2n) is 12.1. The minimum absolute atomic E-state index is 0.200. The van der Waals surface area contributed by atoms with Gasteiger partial charge in [0.2, 0.25) is 0 Å². The molecule has 3 aliphatic rings. The average molecular weight is 531 g/mol. The zero-order valence-corrected chi connectivity index (χ0v) is 22.8. The van der Waals surface area contributed by atoms with E-state index in [0.717, 1.165) is 61.0 Å². The van der Waals surface area contributed by atoms with E-state index in [1.807, 2.05) is 53.3 Å². The SMILES string of the molecule is C[C@]12CC[C@@H]3c4ccc(O)cc4CC[C@H]3[C@@H]1CC[C@@]2(O)C#Cc1ccc(Cn2cc(-c3ccccn3)nn2)cc1. The number of aryl methyl sites for hydroxylation is 1. The van der Waals surface area contributed by atoms with Gasteiger partial charge in [0.05, 0.1) is 18.4 Å². The molecule has 2 heterocycles. The Morgan fingerprint density at radius 1 is 1.00 bits per heavy atom. The molecule has 40 heavy (non-hydrogen) atoms. The van der Waals surface area contributed by atoms with E-state index >= 15 is 0 Å². The molecule has 2 aromatic heterocycles. The second-order valence-corrected chi connectivity index (χ2v) is 12.1. The fourth-order valence-electron chi connectivity index (χ4n) is 7.85. The number of aliphatic hydroxyl groups is 1. The number of fused-ring (bicyclic) bond motifs is 5. The molecule has 5 atom stereocenters. The van der Waals surface area contributed by atoms with Crippen molar-refractivity contribution in [3.05, 3.63) is 95.3 Å². The van der Waals surface area contributed by atoms with Crippen molar-refractivity contribution in [1.29, 1.82) is 0 Å². The molecule has 2 N–H and O–H groups in total. The van der Waals surface area contributed by atoms with E-state index in [9.17, 15) is 10.2 Å². The van der Waals surface area contributed by atoms with Crippen LogP contribution in [0.2, 0.25) is 0 Å². The molecule has 0 radical (unpaired) electrons. The van der Waals surface area contributed by atoms with Crippen LogP contribution in [-0.4, -0.2) is 35.8 Å². The monoisotopic (exact) mass is 530 g/mol. The molecule has 6 heteroatoms. The Morgan fingerprint density at radius 3 is 2.70 bits per heavy atom. The average Bonchev–Trinajstić information content (AvgIpc) is 3.55. The van der Waals surface area contributed by atoms with Crippen LogP contribution in [0.4, 0.5) is 0 Å². The lowest BCUT2D eigenvalue weighted by molar-refractivity contribution is -0.0647. The third-order valence-electron chi connectivity index (χ3n) is 10.0. The summed E-state index contributed by atoms with van der Waals surface area (Å²) in [6, 6.07) is 19.9. The molecule has 0 bridgehead atoms. The maximum Gasteiger partial charge on any atom is 0.131 e. The van der Waals surface area contributed by atoms with Crippen LogP contribution in [-0.2, 0) is 13.0 Å². The summed E-state index contributed by atoms with van der Waals surface area (Å²) in [7, 11) is 0. The number of phenolic OH excluding ortho intramolecular Hbond substituents is 1. The molecule has 0 unspecified atom stereocenters. The van der Waals surface area contributed by atoms with Gasteiger partial charge in [-0.15, -0.1) is 5.10 Å². The first-order chi connectivity index (χ1) is 19.4. The van der Waals surface area contributed by atoms with Crippen LogP contribution in [0.25, 0.3) is 11.4 Å². The number of hydrogen-bond acceptors (Lipinski definition) is 5. The molecule has 6 nitrogen and oxygen atoms in total. The predicted octanol–water partition coefficient (Wildman–Crippen LogP) is 5.73. The van der Waals surface area contributed by atoms with Crippen molar-refractivity contribution < 1.29 is 10.2 Å². The lowest BCUT2D eigenvalue weighted by Crippen LogP contribution is -2.50. The molecule has 3 aliphatic carbocycles. The van der Waals surface area contributed by atoms with Gasteiger partial charge in [0.1, 0.15) is 17.0 Å². The van der Waals surface area contributed by atoms with E-state index in [-0.39, 0.29) is 5.41 Å². The first-order valence-corrected chi connectivity index (χ1v) is 14.4. The minimum atomic E-state index is -0.973. The first-order valence-electron chi connectivity index (χ1n) is 14.4. The van der Waals surface area contributed by atoms with Gasteiger partial charge in [0.15, 0.2) is 0 Å². The number of aromatic hydroxyl groups is 1. The molecule has 4 aromatic rings. The second kappa shape index (κ2) is 9.60. The van der Waals surface area contributed by atoms with Gasteiger partial charge in [0.25, 0.3) is 0 Å². The Labute approximate surface area is 235 Å². The third kappa shape index (κ3) is 4.20. The molecule has 0 saturated heterocycles. The number of hydrogen-bond donors (Lipinski definition) is 2. The fraction of sp³-hybridized carbons (Fsp3) is 0.382. The first kappa shape index (κ1) is 25.0. The van der Waals surface area contributed by atoms with Crippen LogP contribution in [0.1, 0.15) is 67.2 Å². The highest BCUT2D eigenvalue weighted by molar-refractivity contribution is 5.51. The van der Waals surface area contributed by atoms with Crippen molar-refractivity contribution in [3.63, 3.8) is 0 Å². The van der Waals surface area contributed by atoms with Gasteiger partial charge in [-0.3, -0.25) is 4.98 Å². The zero-order chi connectivity index (χ0) is 27.3. The summed E-state index contributed by atoms with van der Waals surface area (Å²) in [5.41, 5.74) is 5.13. The third-order valence-corrected chi connectivity index (χ3v) is 10.0. The maximum atomic E-state index is 11.9.